The maximum absolute atomic E-state index is 12.4. The maximum Gasteiger partial charge on any atom is 0.253 e. The molecule has 0 radical (unpaired) electrons. The Morgan fingerprint density at radius 3 is 2.72 bits per heavy atom. The summed E-state index contributed by atoms with van der Waals surface area (Å²) in [5.41, 5.74) is 3.83. The molecular formula is C23H24ClN5O3. The van der Waals surface area contributed by atoms with Gasteiger partial charge in [0, 0.05) is 38.9 Å². The van der Waals surface area contributed by atoms with Crippen LogP contribution in [0.2, 0.25) is 5.02 Å². The molecule has 0 bridgehead atoms. The molecule has 1 N–H and O–H groups in total. The van der Waals surface area contributed by atoms with Crippen molar-refractivity contribution in [2.45, 2.75) is 6.54 Å². The average Bonchev–Trinajstić information content (AvgIpc) is 3.41. The van der Waals surface area contributed by atoms with E-state index in [1.807, 2.05) is 30.3 Å². The summed E-state index contributed by atoms with van der Waals surface area (Å²) < 4.78 is 12.7. The first-order valence-electron chi connectivity index (χ1n) is 10.0. The van der Waals surface area contributed by atoms with Gasteiger partial charge in [-0.15, -0.1) is 0 Å². The number of nitrogens with zero attached hydrogens (tertiary/aromatic N) is 4. The predicted octanol–water partition coefficient (Wildman–Crippen LogP) is 4.10. The third-order valence-electron chi connectivity index (χ3n) is 5.16. The van der Waals surface area contributed by atoms with E-state index in [0.29, 0.717) is 41.1 Å². The lowest BCUT2D eigenvalue weighted by Crippen LogP contribution is -2.21. The van der Waals surface area contributed by atoms with Crippen LogP contribution in [-0.4, -0.2) is 65.2 Å². The van der Waals surface area contributed by atoms with Crippen molar-refractivity contribution in [3.63, 3.8) is 0 Å². The van der Waals surface area contributed by atoms with Gasteiger partial charge < -0.3 is 23.9 Å². The van der Waals surface area contributed by atoms with E-state index in [1.54, 1.807) is 45.5 Å². The summed E-state index contributed by atoms with van der Waals surface area (Å²) >= 11 is 6.15. The van der Waals surface area contributed by atoms with Crippen molar-refractivity contribution in [3.8, 4) is 28.7 Å². The molecule has 0 aliphatic rings. The van der Waals surface area contributed by atoms with Crippen molar-refractivity contribution in [2.75, 3.05) is 34.9 Å². The number of ether oxygens (including phenoxy) is 2. The van der Waals surface area contributed by atoms with E-state index in [9.17, 15) is 4.79 Å². The molecule has 32 heavy (non-hydrogen) atoms. The Bertz CT molecular complexity index is 1280. The summed E-state index contributed by atoms with van der Waals surface area (Å²) in [5, 5.41) is 0.535. The number of imidazole rings is 2. The third-order valence-corrected chi connectivity index (χ3v) is 5.47. The minimum Gasteiger partial charge on any atom is -0.495 e. The zero-order valence-electron chi connectivity index (χ0n) is 18.3. The number of rotatable bonds is 7. The summed E-state index contributed by atoms with van der Waals surface area (Å²) in [6, 6.07) is 11.0. The predicted molar refractivity (Wildman–Crippen MR) is 124 cm³/mol. The number of aromatic amines is 1. The fourth-order valence-electron chi connectivity index (χ4n) is 3.52. The van der Waals surface area contributed by atoms with Gasteiger partial charge in [0.2, 0.25) is 0 Å². The number of hydrogen-bond donors (Lipinski definition) is 1. The van der Waals surface area contributed by atoms with Gasteiger partial charge in [-0.1, -0.05) is 11.6 Å². The molecule has 4 rings (SSSR count). The van der Waals surface area contributed by atoms with Crippen molar-refractivity contribution >= 4 is 28.5 Å². The molecule has 1 amide bonds. The van der Waals surface area contributed by atoms with Crippen LogP contribution < -0.4 is 4.74 Å². The van der Waals surface area contributed by atoms with Crippen LogP contribution in [0.4, 0.5) is 0 Å². The van der Waals surface area contributed by atoms with Gasteiger partial charge in [-0.3, -0.25) is 4.79 Å². The number of carbonyl (C=O) groups excluding carboxylic acids is 1. The SMILES string of the molecule is COCCn1c(-c2cnc(-c3ccc(Cl)c(OC)c3)[nH]2)nc2cc(C(=O)N(C)C)ccc21. The monoisotopic (exact) mass is 453 g/mol. The van der Waals surface area contributed by atoms with Crippen LogP contribution in [0, 0.1) is 0 Å². The minimum atomic E-state index is -0.0691. The molecule has 8 nitrogen and oxygen atoms in total. The molecule has 166 valence electrons. The zero-order valence-corrected chi connectivity index (χ0v) is 19.1. The van der Waals surface area contributed by atoms with E-state index in [-0.39, 0.29) is 5.91 Å². The number of fused-ring (bicyclic) bond motifs is 1. The number of hydrogen-bond acceptors (Lipinski definition) is 5. The van der Waals surface area contributed by atoms with Crippen molar-refractivity contribution in [1.82, 2.24) is 24.4 Å². The molecule has 0 atom stereocenters. The quantitative estimate of drug-likeness (QED) is 0.455. The number of amides is 1. The van der Waals surface area contributed by atoms with E-state index in [0.717, 1.165) is 22.3 Å². The second kappa shape index (κ2) is 9.02. The van der Waals surface area contributed by atoms with Gasteiger partial charge in [0.25, 0.3) is 5.91 Å². The number of methoxy groups -OCH3 is 2. The molecule has 0 aliphatic carbocycles. The fraction of sp³-hybridized carbons (Fsp3) is 0.261. The molecular weight excluding hydrogens is 430 g/mol. The first-order valence-corrected chi connectivity index (χ1v) is 10.4. The second-order valence-electron chi connectivity index (χ2n) is 7.48. The van der Waals surface area contributed by atoms with Gasteiger partial charge in [0.1, 0.15) is 17.3 Å². The van der Waals surface area contributed by atoms with Gasteiger partial charge in [-0.25, -0.2) is 9.97 Å². The molecule has 2 aromatic heterocycles. The number of nitrogens with one attached hydrogen (secondary N) is 1. The van der Waals surface area contributed by atoms with E-state index in [2.05, 4.69) is 14.5 Å². The molecule has 0 saturated carbocycles. The highest BCUT2D eigenvalue weighted by molar-refractivity contribution is 6.32. The van der Waals surface area contributed by atoms with E-state index in [4.69, 9.17) is 26.1 Å². The highest BCUT2D eigenvalue weighted by Gasteiger charge is 2.18. The molecule has 2 heterocycles. The Balaban J connectivity index is 1.78. The Morgan fingerprint density at radius 1 is 1.19 bits per heavy atom. The molecule has 4 aromatic rings. The maximum atomic E-state index is 12.4. The third kappa shape index (κ3) is 4.06. The van der Waals surface area contributed by atoms with Crippen molar-refractivity contribution in [2.24, 2.45) is 0 Å². The summed E-state index contributed by atoms with van der Waals surface area (Å²) in [5.74, 6) is 1.89. The van der Waals surface area contributed by atoms with Crippen molar-refractivity contribution in [1.29, 1.82) is 0 Å². The van der Waals surface area contributed by atoms with E-state index >= 15 is 0 Å². The Morgan fingerprint density at radius 2 is 2.00 bits per heavy atom. The second-order valence-corrected chi connectivity index (χ2v) is 7.88. The van der Waals surface area contributed by atoms with Gasteiger partial charge in [-0.2, -0.15) is 0 Å². The summed E-state index contributed by atoms with van der Waals surface area (Å²) in [7, 11) is 6.70. The highest BCUT2D eigenvalue weighted by Crippen LogP contribution is 2.31. The average molecular weight is 454 g/mol. The van der Waals surface area contributed by atoms with E-state index < -0.39 is 0 Å². The lowest BCUT2D eigenvalue weighted by molar-refractivity contribution is 0.0827. The highest BCUT2D eigenvalue weighted by atomic mass is 35.5. The lowest BCUT2D eigenvalue weighted by Gasteiger charge is -2.10. The van der Waals surface area contributed by atoms with Crippen molar-refractivity contribution < 1.29 is 14.3 Å². The first kappa shape index (κ1) is 21.9. The van der Waals surface area contributed by atoms with Crippen LogP contribution in [0.25, 0.3) is 33.9 Å². The standard InChI is InChI=1S/C23H24ClN5O3/c1-28(2)23(30)15-6-8-19-17(11-15)27-22(29(19)9-10-31-3)18-13-25-21(26-18)14-5-7-16(24)20(12-14)32-4/h5-8,11-13H,9-10H2,1-4H3,(H,25,26). The largest absolute Gasteiger partial charge is 0.495 e. The zero-order chi connectivity index (χ0) is 22.8. The van der Waals surface area contributed by atoms with Crippen LogP contribution >= 0.6 is 11.6 Å². The van der Waals surface area contributed by atoms with Gasteiger partial charge >= 0.3 is 0 Å². The van der Waals surface area contributed by atoms with Crippen LogP contribution in [-0.2, 0) is 11.3 Å². The van der Waals surface area contributed by atoms with Crippen LogP contribution in [0.15, 0.2) is 42.6 Å². The molecule has 0 saturated heterocycles. The van der Waals surface area contributed by atoms with Crippen molar-refractivity contribution in [3.05, 3.63) is 53.2 Å². The Kier molecular flexibility index (Phi) is 6.16. The topological polar surface area (TPSA) is 85.3 Å². The van der Waals surface area contributed by atoms with Crippen LogP contribution in [0.5, 0.6) is 5.75 Å². The van der Waals surface area contributed by atoms with Gasteiger partial charge in [0.15, 0.2) is 5.82 Å². The number of H-pyrrole nitrogens is 1. The molecule has 9 heteroatoms. The molecule has 0 aliphatic heterocycles. The molecule has 2 aromatic carbocycles. The lowest BCUT2D eigenvalue weighted by atomic mass is 10.2. The fourth-order valence-corrected chi connectivity index (χ4v) is 3.72. The summed E-state index contributed by atoms with van der Waals surface area (Å²) in [6.45, 7) is 1.12. The Labute approximate surface area is 190 Å². The molecule has 0 spiro atoms. The number of aromatic nitrogens is 4. The number of benzene rings is 2. The van der Waals surface area contributed by atoms with Crippen LogP contribution in [0.1, 0.15) is 10.4 Å². The smallest absolute Gasteiger partial charge is 0.253 e. The first-order chi connectivity index (χ1) is 15.4. The summed E-state index contributed by atoms with van der Waals surface area (Å²) in [6.07, 6.45) is 1.74. The Hall–Kier alpha value is -3.36. The van der Waals surface area contributed by atoms with Gasteiger partial charge in [-0.05, 0) is 36.4 Å². The minimum absolute atomic E-state index is 0.0691. The summed E-state index contributed by atoms with van der Waals surface area (Å²) in [4.78, 5) is 26.6. The van der Waals surface area contributed by atoms with Crippen LogP contribution in [0.3, 0.4) is 0 Å². The number of halogens is 1. The van der Waals surface area contributed by atoms with Gasteiger partial charge in [0.05, 0.1) is 36.0 Å². The normalized spacial score (nSPS) is 11.2. The number of carbonyl (C=O) groups is 1. The molecule has 0 fully saturated rings. The van der Waals surface area contributed by atoms with E-state index in [1.165, 1.54) is 0 Å². The molecule has 0 unspecified atom stereocenters.